The van der Waals surface area contributed by atoms with Crippen molar-refractivity contribution < 1.29 is 24.0 Å². The standard InChI is InChI=1S/C20H18N2O6/c1-11-18(14-6-4-5-7-16(14)21-11)19(23)12(2)28-20(24)15-10-13(22(25)26)8-9-17(15)27-3/h4-10,12,21H,1-3H3/t12-/m1/s1. The molecule has 0 saturated carbocycles. The third kappa shape index (κ3) is 3.44. The minimum Gasteiger partial charge on any atom is -0.496 e. The summed E-state index contributed by atoms with van der Waals surface area (Å²) < 4.78 is 10.4. The molecule has 1 N–H and O–H groups in total. The molecule has 1 aromatic heterocycles. The maximum Gasteiger partial charge on any atom is 0.342 e. The zero-order chi connectivity index (χ0) is 20.4. The van der Waals surface area contributed by atoms with Gasteiger partial charge in [-0.2, -0.15) is 0 Å². The minimum absolute atomic E-state index is 0.119. The van der Waals surface area contributed by atoms with Gasteiger partial charge in [-0.1, -0.05) is 18.2 Å². The number of methoxy groups -OCH3 is 1. The smallest absolute Gasteiger partial charge is 0.342 e. The summed E-state index contributed by atoms with van der Waals surface area (Å²) in [5.41, 5.74) is 1.53. The Morgan fingerprint density at radius 2 is 1.89 bits per heavy atom. The highest BCUT2D eigenvalue weighted by Crippen LogP contribution is 2.27. The van der Waals surface area contributed by atoms with Crippen LogP contribution in [0.1, 0.15) is 33.3 Å². The molecule has 3 aromatic rings. The predicted molar refractivity (Wildman–Crippen MR) is 102 cm³/mol. The number of hydrogen-bond acceptors (Lipinski definition) is 6. The number of carbonyl (C=O) groups excluding carboxylic acids is 2. The Balaban J connectivity index is 1.88. The number of carbonyl (C=O) groups is 2. The van der Waals surface area contributed by atoms with Crippen molar-refractivity contribution in [2.45, 2.75) is 20.0 Å². The van der Waals surface area contributed by atoms with Gasteiger partial charge in [-0.05, 0) is 26.0 Å². The van der Waals surface area contributed by atoms with E-state index in [2.05, 4.69) is 4.98 Å². The Hall–Kier alpha value is -3.68. The second kappa shape index (κ2) is 7.51. The van der Waals surface area contributed by atoms with Crippen LogP contribution < -0.4 is 4.74 Å². The van der Waals surface area contributed by atoms with Crippen LogP contribution in [0.5, 0.6) is 5.75 Å². The SMILES string of the molecule is COc1ccc([N+](=O)[O-])cc1C(=O)O[C@H](C)C(=O)c1c(C)[nH]c2ccccc12. The normalized spacial score (nSPS) is 11.8. The van der Waals surface area contributed by atoms with E-state index in [-0.39, 0.29) is 22.8 Å². The first kappa shape index (κ1) is 19.1. The number of aromatic nitrogens is 1. The molecular weight excluding hydrogens is 364 g/mol. The first-order valence-corrected chi connectivity index (χ1v) is 8.48. The number of aryl methyl sites for hydroxylation is 1. The van der Waals surface area contributed by atoms with E-state index in [0.717, 1.165) is 17.0 Å². The van der Waals surface area contributed by atoms with Crippen LogP contribution in [-0.2, 0) is 4.74 Å². The summed E-state index contributed by atoms with van der Waals surface area (Å²) in [7, 11) is 1.34. The van der Waals surface area contributed by atoms with E-state index in [1.54, 1.807) is 6.92 Å². The first-order valence-electron chi connectivity index (χ1n) is 8.48. The third-order valence-electron chi connectivity index (χ3n) is 4.41. The van der Waals surface area contributed by atoms with Gasteiger partial charge in [0.15, 0.2) is 6.10 Å². The van der Waals surface area contributed by atoms with E-state index in [4.69, 9.17) is 9.47 Å². The van der Waals surface area contributed by atoms with Gasteiger partial charge in [-0.25, -0.2) is 4.79 Å². The van der Waals surface area contributed by atoms with E-state index >= 15 is 0 Å². The van der Waals surface area contributed by atoms with Gasteiger partial charge in [0.05, 0.1) is 12.0 Å². The van der Waals surface area contributed by atoms with Crippen LogP contribution in [0.4, 0.5) is 5.69 Å². The Labute approximate surface area is 160 Å². The lowest BCUT2D eigenvalue weighted by Gasteiger charge is -2.14. The average molecular weight is 382 g/mol. The number of fused-ring (bicyclic) bond motifs is 1. The van der Waals surface area contributed by atoms with Gasteiger partial charge < -0.3 is 14.5 Å². The van der Waals surface area contributed by atoms with Gasteiger partial charge in [0.25, 0.3) is 5.69 Å². The van der Waals surface area contributed by atoms with Crippen molar-refractivity contribution in [3.8, 4) is 5.75 Å². The number of nitro benzene ring substituents is 1. The number of aromatic amines is 1. The van der Waals surface area contributed by atoms with Gasteiger partial charge in [0, 0.05) is 34.3 Å². The summed E-state index contributed by atoms with van der Waals surface area (Å²) in [6.45, 7) is 3.23. The van der Waals surface area contributed by atoms with Crippen molar-refractivity contribution in [3.05, 3.63) is 69.4 Å². The molecule has 0 amide bonds. The number of hydrogen-bond donors (Lipinski definition) is 1. The van der Waals surface area contributed by atoms with Crippen LogP contribution in [0, 0.1) is 17.0 Å². The summed E-state index contributed by atoms with van der Waals surface area (Å²) in [4.78, 5) is 38.9. The molecule has 0 bridgehead atoms. The van der Waals surface area contributed by atoms with Crippen molar-refractivity contribution in [1.29, 1.82) is 0 Å². The number of Topliss-reactive ketones (excluding diaryl/α,β-unsaturated/α-hetero) is 1. The first-order chi connectivity index (χ1) is 13.3. The van der Waals surface area contributed by atoms with Crippen LogP contribution in [-0.4, -0.2) is 34.9 Å². The fraction of sp³-hybridized carbons (Fsp3) is 0.200. The molecule has 0 fully saturated rings. The van der Waals surface area contributed by atoms with E-state index in [1.165, 1.54) is 26.2 Å². The van der Waals surface area contributed by atoms with Gasteiger partial charge in [0.2, 0.25) is 5.78 Å². The average Bonchev–Trinajstić information content (AvgIpc) is 3.02. The quantitative estimate of drug-likeness (QED) is 0.300. The number of H-pyrrole nitrogens is 1. The van der Waals surface area contributed by atoms with Crippen molar-refractivity contribution in [1.82, 2.24) is 4.98 Å². The molecular formula is C20H18N2O6. The summed E-state index contributed by atoms with van der Waals surface area (Å²) in [6.07, 6.45) is -1.09. The summed E-state index contributed by atoms with van der Waals surface area (Å²) >= 11 is 0. The fourth-order valence-corrected chi connectivity index (χ4v) is 3.04. The minimum atomic E-state index is -1.09. The lowest BCUT2D eigenvalue weighted by atomic mass is 10.0. The zero-order valence-corrected chi connectivity index (χ0v) is 15.5. The molecule has 3 rings (SSSR count). The number of para-hydroxylation sites is 1. The highest BCUT2D eigenvalue weighted by molar-refractivity contribution is 6.11. The molecule has 8 heteroatoms. The maximum absolute atomic E-state index is 12.9. The molecule has 0 aliphatic heterocycles. The van der Waals surface area contributed by atoms with E-state index in [0.29, 0.717) is 11.3 Å². The van der Waals surface area contributed by atoms with Crippen LogP contribution in [0.25, 0.3) is 10.9 Å². The predicted octanol–water partition coefficient (Wildman–Crippen LogP) is 3.82. The number of ketones is 1. The van der Waals surface area contributed by atoms with Crippen LogP contribution in [0.15, 0.2) is 42.5 Å². The molecule has 28 heavy (non-hydrogen) atoms. The number of rotatable bonds is 6. The number of esters is 1. The largest absolute Gasteiger partial charge is 0.496 e. The molecule has 0 aliphatic rings. The molecule has 144 valence electrons. The molecule has 0 spiro atoms. The molecule has 0 unspecified atom stereocenters. The second-order valence-electron chi connectivity index (χ2n) is 6.22. The monoisotopic (exact) mass is 382 g/mol. The summed E-state index contributed by atoms with van der Waals surface area (Å²) in [5, 5.41) is 11.7. The van der Waals surface area contributed by atoms with Crippen molar-refractivity contribution in [2.75, 3.05) is 7.11 Å². The highest BCUT2D eigenvalue weighted by Gasteiger charge is 2.27. The van der Waals surface area contributed by atoms with E-state index < -0.39 is 17.0 Å². The fourth-order valence-electron chi connectivity index (χ4n) is 3.04. The molecule has 1 atom stereocenters. The van der Waals surface area contributed by atoms with E-state index in [9.17, 15) is 19.7 Å². The Kier molecular flexibility index (Phi) is 5.12. The van der Waals surface area contributed by atoms with Gasteiger partial charge in [-0.3, -0.25) is 14.9 Å². The third-order valence-corrected chi connectivity index (χ3v) is 4.41. The number of nitro groups is 1. The number of ether oxygens (including phenoxy) is 2. The molecule has 0 aliphatic carbocycles. The van der Waals surface area contributed by atoms with Crippen molar-refractivity contribution >= 4 is 28.3 Å². The molecule has 0 radical (unpaired) electrons. The second-order valence-corrected chi connectivity index (χ2v) is 6.22. The molecule has 0 saturated heterocycles. The maximum atomic E-state index is 12.9. The van der Waals surface area contributed by atoms with Crippen LogP contribution in [0.2, 0.25) is 0 Å². The summed E-state index contributed by atoms with van der Waals surface area (Å²) in [6, 6.07) is 10.9. The van der Waals surface area contributed by atoms with E-state index in [1.807, 2.05) is 24.3 Å². The highest BCUT2D eigenvalue weighted by atomic mass is 16.6. The Morgan fingerprint density at radius 1 is 1.18 bits per heavy atom. The molecule has 1 heterocycles. The molecule has 2 aromatic carbocycles. The Bertz CT molecular complexity index is 1090. The van der Waals surface area contributed by atoms with Crippen LogP contribution >= 0.6 is 0 Å². The summed E-state index contributed by atoms with van der Waals surface area (Å²) in [5.74, 6) is -1.12. The van der Waals surface area contributed by atoms with Crippen LogP contribution in [0.3, 0.4) is 0 Å². The van der Waals surface area contributed by atoms with Gasteiger partial charge in [-0.15, -0.1) is 0 Å². The Morgan fingerprint density at radius 3 is 2.57 bits per heavy atom. The number of nitrogens with one attached hydrogen (secondary N) is 1. The lowest BCUT2D eigenvalue weighted by molar-refractivity contribution is -0.384. The topological polar surface area (TPSA) is 112 Å². The zero-order valence-electron chi connectivity index (χ0n) is 15.5. The number of nitrogens with zero attached hydrogens (tertiary/aromatic N) is 1. The number of benzene rings is 2. The van der Waals surface area contributed by atoms with Crippen molar-refractivity contribution in [2.24, 2.45) is 0 Å². The number of non-ortho nitro benzene ring substituents is 1. The molecule has 8 nitrogen and oxygen atoms in total. The van der Waals surface area contributed by atoms with Gasteiger partial charge >= 0.3 is 5.97 Å². The van der Waals surface area contributed by atoms with Gasteiger partial charge in [0.1, 0.15) is 11.3 Å². The van der Waals surface area contributed by atoms with Crippen molar-refractivity contribution in [3.63, 3.8) is 0 Å². The lowest BCUT2D eigenvalue weighted by Crippen LogP contribution is -2.25.